The first kappa shape index (κ1) is 17.5. The summed E-state index contributed by atoms with van der Waals surface area (Å²) in [6, 6.07) is 14.0. The number of fused-ring (bicyclic) bond motifs is 2. The van der Waals surface area contributed by atoms with Crippen LogP contribution in [0.1, 0.15) is 10.4 Å². The zero-order chi connectivity index (χ0) is 20.0. The van der Waals surface area contributed by atoms with Crippen LogP contribution in [0.3, 0.4) is 0 Å². The van der Waals surface area contributed by atoms with Crippen molar-refractivity contribution >= 4 is 34.3 Å². The molecule has 29 heavy (non-hydrogen) atoms. The van der Waals surface area contributed by atoms with Crippen LogP contribution in [-0.2, 0) is 0 Å². The second-order valence-corrected chi connectivity index (χ2v) is 6.76. The van der Waals surface area contributed by atoms with Crippen molar-refractivity contribution in [3.8, 4) is 23.0 Å². The highest BCUT2D eigenvalue weighted by Crippen LogP contribution is 2.33. The van der Waals surface area contributed by atoms with E-state index in [0.717, 1.165) is 0 Å². The van der Waals surface area contributed by atoms with Crippen molar-refractivity contribution in [2.45, 2.75) is 0 Å². The minimum absolute atomic E-state index is 0.142. The van der Waals surface area contributed by atoms with Gasteiger partial charge in [0.05, 0.1) is 10.6 Å². The summed E-state index contributed by atoms with van der Waals surface area (Å²) in [5, 5.41) is 3.02. The van der Waals surface area contributed by atoms with Crippen LogP contribution >= 0.6 is 11.6 Å². The summed E-state index contributed by atoms with van der Waals surface area (Å²) < 4.78 is 29.5. The number of nitrogens with zero attached hydrogens (tertiary/aromatic N) is 1. The SMILES string of the molecule is O=C(Nc1ccc2oc(-c3ccc(F)cc3Cl)nc2c1)c1ccc2c(c1)OCO2. The second kappa shape index (κ2) is 6.79. The highest BCUT2D eigenvalue weighted by atomic mass is 35.5. The molecule has 3 aromatic carbocycles. The fourth-order valence-corrected chi connectivity index (χ4v) is 3.27. The van der Waals surface area contributed by atoms with E-state index in [4.69, 9.17) is 25.5 Å². The monoisotopic (exact) mass is 410 g/mol. The number of hydrogen-bond donors (Lipinski definition) is 1. The maximum Gasteiger partial charge on any atom is 0.255 e. The summed E-state index contributed by atoms with van der Waals surface area (Å²) in [5.74, 6) is 0.670. The Labute approximate surface area is 168 Å². The molecule has 0 atom stereocenters. The van der Waals surface area contributed by atoms with E-state index in [0.29, 0.717) is 39.4 Å². The van der Waals surface area contributed by atoms with Gasteiger partial charge in [-0.05, 0) is 54.6 Å². The van der Waals surface area contributed by atoms with Gasteiger partial charge < -0.3 is 19.2 Å². The quantitative estimate of drug-likeness (QED) is 0.498. The Morgan fingerprint density at radius 3 is 2.76 bits per heavy atom. The number of carbonyl (C=O) groups is 1. The molecular formula is C21H12ClFN2O4. The Kier molecular flexibility index (Phi) is 4.10. The minimum atomic E-state index is -0.441. The zero-order valence-electron chi connectivity index (χ0n) is 14.7. The minimum Gasteiger partial charge on any atom is -0.454 e. The number of amides is 1. The van der Waals surface area contributed by atoms with E-state index in [2.05, 4.69) is 10.3 Å². The largest absolute Gasteiger partial charge is 0.454 e. The molecule has 1 aliphatic heterocycles. The third kappa shape index (κ3) is 3.25. The van der Waals surface area contributed by atoms with Gasteiger partial charge in [0, 0.05) is 11.3 Å². The summed E-state index contributed by atoms with van der Waals surface area (Å²) in [4.78, 5) is 16.9. The molecule has 1 amide bonds. The lowest BCUT2D eigenvalue weighted by Crippen LogP contribution is -2.11. The van der Waals surface area contributed by atoms with E-state index >= 15 is 0 Å². The molecule has 0 radical (unpaired) electrons. The molecule has 0 fully saturated rings. The number of benzene rings is 3. The molecule has 1 aliphatic rings. The maximum atomic E-state index is 13.3. The van der Waals surface area contributed by atoms with Crippen LogP contribution in [0.5, 0.6) is 11.5 Å². The molecule has 8 heteroatoms. The highest BCUT2D eigenvalue weighted by molar-refractivity contribution is 6.33. The van der Waals surface area contributed by atoms with Gasteiger partial charge in [0.25, 0.3) is 5.91 Å². The summed E-state index contributed by atoms with van der Waals surface area (Å²) in [6.07, 6.45) is 0. The topological polar surface area (TPSA) is 73.6 Å². The molecular weight excluding hydrogens is 399 g/mol. The number of rotatable bonds is 3. The van der Waals surface area contributed by atoms with Crippen LogP contribution < -0.4 is 14.8 Å². The number of halogens is 2. The fraction of sp³-hybridized carbons (Fsp3) is 0.0476. The molecule has 1 aromatic heterocycles. The molecule has 0 bridgehead atoms. The predicted molar refractivity (Wildman–Crippen MR) is 105 cm³/mol. The standard InChI is InChI=1S/C21H12ClFN2O4/c22-15-8-12(23)2-4-14(15)21-25-16-9-13(3-6-17(16)29-21)24-20(26)11-1-5-18-19(7-11)28-10-27-18/h1-9H,10H2,(H,24,26). The van der Waals surface area contributed by atoms with Gasteiger partial charge in [0.15, 0.2) is 17.1 Å². The van der Waals surface area contributed by atoms with Gasteiger partial charge in [-0.15, -0.1) is 0 Å². The molecule has 5 rings (SSSR count). The number of hydrogen-bond acceptors (Lipinski definition) is 5. The number of ether oxygens (including phenoxy) is 2. The van der Waals surface area contributed by atoms with Crippen molar-refractivity contribution in [1.82, 2.24) is 4.98 Å². The molecule has 1 N–H and O–H groups in total. The van der Waals surface area contributed by atoms with Gasteiger partial charge in [-0.25, -0.2) is 9.37 Å². The Morgan fingerprint density at radius 1 is 1.03 bits per heavy atom. The fourth-order valence-electron chi connectivity index (χ4n) is 3.02. The lowest BCUT2D eigenvalue weighted by atomic mass is 10.2. The number of nitrogens with one attached hydrogen (secondary N) is 1. The first-order valence-electron chi connectivity index (χ1n) is 8.64. The Bertz CT molecular complexity index is 1270. The number of oxazole rings is 1. The smallest absolute Gasteiger partial charge is 0.255 e. The molecule has 6 nitrogen and oxygen atoms in total. The van der Waals surface area contributed by atoms with Gasteiger partial charge >= 0.3 is 0 Å². The van der Waals surface area contributed by atoms with Crippen LogP contribution in [0, 0.1) is 5.82 Å². The van der Waals surface area contributed by atoms with Crippen LogP contribution in [0.4, 0.5) is 10.1 Å². The zero-order valence-corrected chi connectivity index (χ0v) is 15.5. The van der Waals surface area contributed by atoms with Crippen LogP contribution in [0.15, 0.2) is 59.0 Å². The van der Waals surface area contributed by atoms with Crippen LogP contribution in [-0.4, -0.2) is 17.7 Å². The summed E-state index contributed by atoms with van der Waals surface area (Å²) in [7, 11) is 0. The Morgan fingerprint density at radius 2 is 1.90 bits per heavy atom. The van der Waals surface area contributed by atoms with E-state index in [1.54, 1.807) is 36.4 Å². The number of carbonyl (C=O) groups excluding carboxylic acids is 1. The van der Waals surface area contributed by atoms with Crippen LogP contribution in [0.25, 0.3) is 22.6 Å². The molecule has 2 heterocycles. The van der Waals surface area contributed by atoms with Crippen LogP contribution in [0.2, 0.25) is 5.02 Å². The first-order valence-corrected chi connectivity index (χ1v) is 9.02. The van der Waals surface area contributed by atoms with Gasteiger partial charge in [0.1, 0.15) is 11.3 Å². The number of aromatic nitrogens is 1. The van der Waals surface area contributed by atoms with E-state index < -0.39 is 5.82 Å². The first-order chi connectivity index (χ1) is 14.1. The Hall–Kier alpha value is -3.58. The molecule has 144 valence electrons. The molecule has 0 unspecified atom stereocenters. The molecule has 0 spiro atoms. The lowest BCUT2D eigenvalue weighted by molar-refractivity contribution is 0.102. The van der Waals surface area contributed by atoms with Gasteiger partial charge in [-0.1, -0.05) is 11.6 Å². The average Bonchev–Trinajstić information content (AvgIpc) is 3.33. The van der Waals surface area contributed by atoms with E-state index in [-0.39, 0.29) is 23.6 Å². The van der Waals surface area contributed by atoms with Crippen molar-refractivity contribution in [3.05, 3.63) is 71.0 Å². The molecule has 0 saturated carbocycles. The Balaban J connectivity index is 1.42. The summed E-state index contributed by atoms with van der Waals surface area (Å²) in [6.45, 7) is 0.142. The third-order valence-electron chi connectivity index (χ3n) is 4.44. The molecule has 0 saturated heterocycles. The van der Waals surface area contributed by atoms with Crippen molar-refractivity contribution in [2.24, 2.45) is 0 Å². The van der Waals surface area contributed by atoms with E-state index in [9.17, 15) is 9.18 Å². The van der Waals surface area contributed by atoms with E-state index in [1.165, 1.54) is 18.2 Å². The summed E-state index contributed by atoms with van der Waals surface area (Å²) >= 11 is 6.08. The van der Waals surface area contributed by atoms with Crippen molar-refractivity contribution in [1.29, 1.82) is 0 Å². The summed E-state index contributed by atoms with van der Waals surface area (Å²) in [5.41, 5.74) is 2.51. The van der Waals surface area contributed by atoms with Crippen molar-refractivity contribution in [3.63, 3.8) is 0 Å². The maximum absolute atomic E-state index is 13.3. The van der Waals surface area contributed by atoms with Crippen molar-refractivity contribution in [2.75, 3.05) is 12.1 Å². The van der Waals surface area contributed by atoms with Gasteiger partial charge in [-0.2, -0.15) is 0 Å². The number of anilines is 1. The highest BCUT2D eigenvalue weighted by Gasteiger charge is 2.17. The third-order valence-corrected chi connectivity index (χ3v) is 4.75. The predicted octanol–water partition coefficient (Wildman–Crippen LogP) is 5.27. The lowest BCUT2D eigenvalue weighted by Gasteiger charge is -2.05. The van der Waals surface area contributed by atoms with Crippen molar-refractivity contribution < 1.29 is 23.1 Å². The average molecular weight is 411 g/mol. The second-order valence-electron chi connectivity index (χ2n) is 6.35. The van der Waals surface area contributed by atoms with E-state index in [1.807, 2.05) is 0 Å². The normalized spacial score (nSPS) is 12.3. The molecule has 4 aromatic rings. The molecule has 0 aliphatic carbocycles. The van der Waals surface area contributed by atoms with Gasteiger partial charge in [-0.3, -0.25) is 4.79 Å². The van der Waals surface area contributed by atoms with Gasteiger partial charge in [0.2, 0.25) is 12.7 Å².